The van der Waals surface area contributed by atoms with Crippen LogP contribution in [-0.4, -0.2) is 19.1 Å². The van der Waals surface area contributed by atoms with E-state index in [0.717, 1.165) is 34.7 Å². The Balaban J connectivity index is 1.85. The standard InChI is InChI=1S/C19H24N2O2/c1-4-11-23-17-9-7-16(8-10-17)20-13-19(22)21-18-12-14(2)5-6-15(18)3/h5-10,12,20H,4,11,13H2,1-3H3,(H,21,22). The largest absolute Gasteiger partial charge is 0.494 e. The van der Waals surface area contributed by atoms with Crippen LogP contribution < -0.4 is 15.4 Å². The minimum Gasteiger partial charge on any atom is -0.494 e. The number of nitrogens with one attached hydrogen (secondary N) is 2. The van der Waals surface area contributed by atoms with Crippen molar-refractivity contribution in [2.75, 3.05) is 23.8 Å². The first kappa shape index (κ1) is 16.9. The number of benzene rings is 2. The van der Waals surface area contributed by atoms with E-state index < -0.39 is 0 Å². The van der Waals surface area contributed by atoms with E-state index in [-0.39, 0.29) is 12.5 Å². The Kier molecular flexibility index (Phi) is 6.03. The number of aryl methyl sites for hydroxylation is 2. The van der Waals surface area contributed by atoms with Gasteiger partial charge in [0, 0.05) is 11.4 Å². The van der Waals surface area contributed by atoms with Crippen LogP contribution in [0.5, 0.6) is 5.75 Å². The van der Waals surface area contributed by atoms with Crippen LogP contribution in [0.4, 0.5) is 11.4 Å². The van der Waals surface area contributed by atoms with E-state index in [2.05, 4.69) is 17.6 Å². The molecule has 2 N–H and O–H groups in total. The molecule has 0 radical (unpaired) electrons. The number of hydrogen-bond donors (Lipinski definition) is 2. The fraction of sp³-hybridized carbons (Fsp3) is 0.316. The summed E-state index contributed by atoms with van der Waals surface area (Å²) in [5.41, 5.74) is 3.94. The van der Waals surface area contributed by atoms with Crippen molar-refractivity contribution in [2.24, 2.45) is 0 Å². The monoisotopic (exact) mass is 312 g/mol. The molecule has 0 spiro atoms. The van der Waals surface area contributed by atoms with Gasteiger partial charge in [-0.15, -0.1) is 0 Å². The Bertz CT molecular complexity index is 651. The van der Waals surface area contributed by atoms with E-state index in [0.29, 0.717) is 6.61 Å². The summed E-state index contributed by atoms with van der Waals surface area (Å²) in [6.45, 7) is 7.01. The van der Waals surface area contributed by atoms with Crippen LogP contribution in [-0.2, 0) is 4.79 Å². The molecule has 4 heteroatoms. The van der Waals surface area contributed by atoms with Gasteiger partial charge in [0.25, 0.3) is 0 Å². The first-order valence-electron chi connectivity index (χ1n) is 7.92. The summed E-state index contributed by atoms with van der Waals surface area (Å²) in [5, 5.41) is 6.05. The average molecular weight is 312 g/mol. The molecular weight excluding hydrogens is 288 g/mol. The van der Waals surface area contributed by atoms with Gasteiger partial charge in [-0.2, -0.15) is 0 Å². The van der Waals surface area contributed by atoms with Crippen LogP contribution >= 0.6 is 0 Å². The van der Waals surface area contributed by atoms with Gasteiger partial charge in [-0.1, -0.05) is 19.1 Å². The highest BCUT2D eigenvalue weighted by Gasteiger charge is 2.05. The zero-order valence-corrected chi connectivity index (χ0v) is 14.0. The van der Waals surface area contributed by atoms with Crippen LogP contribution in [0.3, 0.4) is 0 Å². The summed E-state index contributed by atoms with van der Waals surface area (Å²) < 4.78 is 5.53. The second kappa shape index (κ2) is 8.22. The van der Waals surface area contributed by atoms with Gasteiger partial charge in [-0.05, 0) is 61.7 Å². The van der Waals surface area contributed by atoms with Gasteiger partial charge < -0.3 is 15.4 Å². The van der Waals surface area contributed by atoms with Crippen molar-refractivity contribution >= 4 is 17.3 Å². The summed E-state index contributed by atoms with van der Waals surface area (Å²) in [4.78, 5) is 12.1. The first-order chi connectivity index (χ1) is 11.1. The fourth-order valence-corrected chi connectivity index (χ4v) is 2.14. The van der Waals surface area contributed by atoms with E-state index in [1.165, 1.54) is 0 Å². The molecule has 0 bridgehead atoms. The van der Waals surface area contributed by atoms with Crippen LogP contribution in [0.2, 0.25) is 0 Å². The summed E-state index contributed by atoms with van der Waals surface area (Å²) in [5.74, 6) is 0.780. The molecule has 0 aliphatic rings. The molecule has 0 aliphatic carbocycles. The van der Waals surface area contributed by atoms with E-state index in [4.69, 9.17) is 4.74 Å². The smallest absolute Gasteiger partial charge is 0.243 e. The molecule has 0 saturated carbocycles. The van der Waals surface area contributed by atoms with Crippen LogP contribution in [0.1, 0.15) is 24.5 Å². The van der Waals surface area contributed by atoms with E-state index in [1.54, 1.807) is 0 Å². The molecule has 2 rings (SSSR count). The predicted molar refractivity (Wildman–Crippen MR) is 95.3 cm³/mol. The molecule has 0 saturated heterocycles. The Morgan fingerprint density at radius 3 is 2.52 bits per heavy atom. The molecule has 0 aliphatic heterocycles. The van der Waals surface area contributed by atoms with Gasteiger partial charge in [0.05, 0.1) is 13.2 Å². The quantitative estimate of drug-likeness (QED) is 0.808. The molecule has 0 atom stereocenters. The lowest BCUT2D eigenvalue weighted by molar-refractivity contribution is -0.114. The van der Waals surface area contributed by atoms with Gasteiger partial charge >= 0.3 is 0 Å². The minimum absolute atomic E-state index is 0.0648. The third-order valence-electron chi connectivity index (χ3n) is 3.45. The van der Waals surface area contributed by atoms with Crippen molar-refractivity contribution in [1.29, 1.82) is 0 Å². The van der Waals surface area contributed by atoms with Gasteiger partial charge in [-0.25, -0.2) is 0 Å². The van der Waals surface area contributed by atoms with Crippen LogP contribution in [0, 0.1) is 13.8 Å². The lowest BCUT2D eigenvalue weighted by atomic mass is 10.1. The van der Waals surface area contributed by atoms with Gasteiger partial charge in [-0.3, -0.25) is 4.79 Å². The third kappa shape index (κ3) is 5.33. The highest BCUT2D eigenvalue weighted by Crippen LogP contribution is 2.17. The van der Waals surface area contributed by atoms with Gasteiger partial charge in [0.15, 0.2) is 0 Å². The van der Waals surface area contributed by atoms with E-state index in [9.17, 15) is 4.79 Å². The Labute approximate surface area is 137 Å². The maximum Gasteiger partial charge on any atom is 0.243 e. The predicted octanol–water partition coefficient (Wildman–Crippen LogP) is 4.14. The topological polar surface area (TPSA) is 50.4 Å². The molecule has 0 aromatic heterocycles. The normalized spacial score (nSPS) is 10.2. The summed E-state index contributed by atoms with van der Waals surface area (Å²) in [6.07, 6.45) is 0.985. The minimum atomic E-state index is -0.0648. The lowest BCUT2D eigenvalue weighted by Gasteiger charge is -2.11. The summed E-state index contributed by atoms with van der Waals surface area (Å²) >= 11 is 0. The SMILES string of the molecule is CCCOc1ccc(NCC(=O)Nc2cc(C)ccc2C)cc1. The Morgan fingerprint density at radius 2 is 1.83 bits per heavy atom. The number of anilines is 2. The summed E-state index contributed by atoms with van der Waals surface area (Å²) in [6, 6.07) is 13.7. The lowest BCUT2D eigenvalue weighted by Crippen LogP contribution is -2.22. The zero-order valence-electron chi connectivity index (χ0n) is 14.0. The third-order valence-corrected chi connectivity index (χ3v) is 3.45. The molecular formula is C19H24N2O2. The molecule has 1 amide bonds. The van der Waals surface area contributed by atoms with Crippen molar-refractivity contribution in [3.8, 4) is 5.75 Å². The van der Waals surface area contributed by atoms with Gasteiger partial charge in [0.2, 0.25) is 5.91 Å². The molecule has 0 unspecified atom stereocenters. The van der Waals surface area contributed by atoms with E-state index >= 15 is 0 Å². The highest BCUT2D eigenvalue weighted by atomic mass is 16.5. The Morgan fingerprint density at radius 1 is 1.09 bits per heavy atom. The second-order valence-corrected chi connectivity index (χ2v) is 5.59. The number of carbonyl (C=O) groups is 1. The fourth-order valence-electron chi connectivity index (χ4n) is 2.14. The molecule has 23 heavy (non-hydrogen) atoms. The summed E-state index contributed by atoms with van der Waals surface area (Å²) in [7, 11) is 0. The molecule has 4 nitrogen and oxygen atoms in total. The van der Waals surface area contributed by atoms with E-state index in [1.807, 2.05) is 56.3 Å². The Hall–Kier alpha value is -2.49. The number of amides is 1. The van der Waals surface area contributed by atoms with Crippen molar-refractivity contribution in [3.63, 3.8) is 0 Å². The molecule has 2 aromatic rings. The molecule has 0 fully saturated rings. The zero-order chi connectivity index (χ0) is 16.7. The van der Waals surface area contributed by atoms with Gasteiger partial charge in [0.1, 0.15) is 5.75 Å². The van der Waals surface area contributed by atoms with Crippen molar-refractivity contribution in [3.05, 3.63) is 53.6 Å². The maximum absolute atomic E-state index is 12.1. The molecule has 2 aromatic carbocycles. The number of rotatable bonds is 7. The first-order valence-corrected chi connectivity index (χ1v) is 7.92. The number of hydrogen-bond acceptors (Lipinski definition) is 3. The molecule has 122 valence electrons. The molecule has 0 heterocycles. The second-order valence-electron chi connectivity index (χ2n) is 5.59. The van der Waals surface area contributed by atoms with Crippen LogP contribution in [0.15, 0.2) is 42.5 Å². The van der Waals surface area contributed by atoms with Crippen molar-refractivity contribution in [2.45, 2.75) is 27.2 Å². The van der Waals surface area contributed by atoms with Crippen molar-refractivity contribution in [1.82, 2.24) is 0 Å². The highest BCUT2D eigenvalue weighted by molar-refractivity contribution is 5.94. The van der Waals surface area contributed by atoms with Crippen molar-refractivity contribution < 1.29 is 9.53 Å². The maximum atomic E-state index is 12.1. The number of ether oxygens (including phenoxy) is 1. The number of carbonyl (C=O) groups excluding carboxylic acids is 1. The average Bonchev–Trinajstić information content (AvgIpc) is 2.55. The van der Waals surface area contributed by atoms with Crippen LogP contribution in [0.25, 0.3) is 0 Å².